The monoisotopic (exact) mass is 190 g/mol. The molecule has 1 aliphatic rings. The molecule has 72 valence electrons. The van der Waals surface area contributed by atoms with Gasteiger partial charge in [0.05, 0.1) is 6.10 Å². The number of thiol groups is 1. The molecule has 0 aromatic heterocycles. The molecule has 0 aromatic carbocycles. The van der Waals surface area contributed by atoms with Crippen LogP contribution in [0.5, 0.6) is 0 Å². The average molecular weight is 190 g/mol. The molecular weight excluding hydrogens is 172 g/mol. The SMILES string of the molecule is CNCC[C@@H](O)[C@@H]1C[C@H](S)CN1. The molecule has 1 rings (SSSR count). The van der Waals surface area contributed by atoms with E-state index >= 15 is 0 Å². The van der Waals surface area contributed by atoms with Crippen LogP contribution in [0, 0.1) is 0 Å². The van der Waals surface area contributed by atoms with Gasteiger partial charge < -0.3 is 15.7 Å². The van der Waals surface area contributed by atoms with Crippen molar-refractivity contribution in [2.75, 3.05) is 20.1 Å². The molecule has 1 heterocycles. The summed E-state index contributed by atoms with van der Waals surface area (Å²) in [5, 5.41) is 16.4. The Morgan fingerprint density at radius 2 is 2.50 bits per heavy atom. The molecule has 0 aliphatic carbocycles. The molecular formula is C8H18N2OS. The standard InChI is InChI=1S/C8H18N2OS/c1-9-3-2-8(11)7-4-6(12)5-10-7/h6-12H,2-5H2,1H3/t6-,7-,8+/m0/s1. The molecule has 0 bridgehead atoms. The predicted octanol–water partition coefficient (Wildman–Crippen LogP) is -0.383. The minimum atomic E-state index is -0.227. The minimum absolute atomic E-state index is 0.227. The summed E-state index contributed by atoms with van der Waals surface area (Å²) in [5.74, 6) is 0. The summed E-state index contributed by atoms with van der Waals surface area (Å²) in [6.07, 6.45) is 1.57. The highest BCUT2D eigenvalue weighted by atomic mass is 32.1. The van der Waals surface area contributed by atoms with Crippen molar-refractivity contribution in [1.82, 2.24) is 10.6 Å². The summed E-state index contributed by atoms with van der Waals surface area (Å²) in [6, 6.07) is 0.251. The first-order valence-electron chi connectivity index (χ1n) is 4.48. The Labute approximate surface area is 79.3 Å². The zero-order chi connectivity index (χ0) is 8.97. The third kappa shape index (κ3) is 2.94. The van der Waals surface area contributed by atoms with E-state index in [1.54, 1.807) is 0 Å². The molecule has 0 saturated carbocycles. The topological polar surface area (TPSA) is 44.3 Å². The van der Waals surface area contributed by atoms with Gasteiger partial charge in [-0.3, -0.25) is 0 Å². The van der Waals surface area contributed by atoms with Gasteiger partial charge in [0, 0.05) is 17.8 Å². The molecule has 4 heteroatoms. The van der Waals surface area contributed by atoms with E-state index in [1.807, 2.05) is 7.05 Å². The predicted molar refractivity (Wildman–Crippen MR) is 53.7 cm³/mol. The Bertz CT molecular complexity index is 134. The molecule has 1 aliphatic heterocycles. The van der Waals surface area contributed by atoms with Crippen molar-refractivity contribution < 1.29 is 5.11 Å². The van der Waals surface area contributed by atoms with Crippen molar-refractivity contribution in [3.05, 3.63) is 0 Å². The summed E-state index contributed by atoms with van der Waals surface area (Å²) in [4.78, 5) is 0. The van der Waals surface area contributed by atoms with Crippen LogP contribution < -0.4 is 10.6 Å². The Balaban J connectivity index is 2.18. The van der Waals surface area contributed by atoms with Crippen molar-refractivity contribution in [2.45, 2.75) is 30.2 Å². The number of nitrogens with one attached hydrogen (secondary N) is 2. The van der Waals surface area contributed by atoms with Gasteiger partial charge in [0.1, 0.15) is 0 Å². The summed E-state index contributed by atoms with van der Waals surface area (Å²) in [6.45, 7) is 1.79. The Hall–Kier alpha value is 0.230. The van der Waals surface area contributed by atoms with Gasteiger partial charge in [-0.25, -0.2) is 0 Å². The highest BCUT2D eigenvalue weighted by molar-refractivity contribution is 7.81. The van der Waals surface area contributed by atoms with Crippen LogP contribution in [0.4, 0.5) is 0 Å². The number of hydrogen-bond donors (Lipinski definition) is 4. The van der Waals surface area contributed by atoms with Gasteiger partial charge in [0.25, 0.3) is 0 Å². The molecule has 0 amide bonds. The fourth-order valence-corrected chi connectivity index (χ4v) is 1.87. The van der Waals surface area contributed by atoms with Crippen LogP contribution in [0.2, 0.25) is 0 Å². The van der Waals surface area contributed by atoms with E-state index in [2.05, 4.69) is 23.3 Å². The molecule has 0 aromatic rings. The summed E-state index contributed by atoms with van der Waals surface area (Å²) in [7, 11) is 1.90. The molecule has 0 radical (unpaired) electrons. The molecule has 12 heavy (non-hydrogen) atoms. The van der Waals surface area contributed by atoms with Gasteiger partial charge >= 0.3 is 0 Å². The van der Waals surface area contributed by atoms with Crippen molar-refractivity contribution in [1.29, 1.82) is 0 Å². The first-order valence-corrected chi connectivity index (χ1v) is 4.99. The highest BCUT2D eigenvalue weighted by Gasteiger charge is 2.26. The second-order valence-electron chi connectivity index (χ2n) is 3.36. The minimum Gasteiger partial charge on any atom is -0.391 e. The highest BCUT2D eigenvalue weighted by Crippen LogP contribution is 2.15. The van der Waals surface area contributed by atoms with Gasteiger partial charge in [-0.05, 0) is 26.4 Å². The maximum Gasteiger partial charge on any atom is 0.0705 e. The molecule has 3 atom stereocenters. The largest absolute Gasteiger partial charge is 0.391 e. The molecule has 0 spiro atoms. The fraction of sp³-hybridized carbons (Fsp3) is 1.00. The van der Waals surface area contributed by atoms with Crippen LogP contribution in [0.1, 0.15) is 12.8 Å². The lowest BCUT2D eigenvalue weighted by Gasteiger charge is -2.17. The van der Waals surface area contributed by atoms with Crippen molar-refractivity contribution in [3.63, 3.8) is 0 Å². The first-order chi connectivity index (χ1) is 5.74. The van der Waals surface area contributed by atoms with E-state index in [0.29, 0.717) is 5.25 Å². The Morgan fingerprint density at radius 1 is 1.75 bits per heavy atom. The van der Waals surface area contributed by atoms with Gasteiger partial charge in [0.15, 0.2) is 0 Å². The van der Waals surface area contributed by atoms with Gasteiger partial charge in [-0.1, -0.05) is 0 Å². The van der Waals surface area contributed by atoms with Crippen LogP contribution in [0.25, 0.3) is 0 Å². The third-order valence-corrected chi connectivity index (χ3v) is 2.69. The van der Waals surface area contributed by atoms with Crippen LogP contribution >= 0.6 is 12.6 Å². The maximum absolute atomic E-state index is 9.66. The summed E-state index contributed by atoms with van der Waals surface area (Å²) >= 11 is 4.35. The van der Waals surface area contributed by atoms with Gasteiger partial charge in [-0.2, -0.15) is 12.6 Å². The number of hydrogen-bond acceptors (Lipinski definition) is 4. The van der Waals surface area contributed by atoms with Crippen LogP contribution in [0.3, 0.4) is 0 Å². The van der Waals surface area contributed by atoms with Crippen LogP contribution in [-0.2, 0) is 0 Å². The van der Waals surface area contributed by atoms with E-state index in [4.69, 9.17) is 0 Å². The average Bonchev–Trinajstić information content (AvgIpc) is 2.47. The van der Waals surface area contributed by atoms with Crippen molar-refractivity contribution in [3.8, 4) is 0 Å². The van der Waals surface area contributed by atoms with E-state index < -0.39 is 0 Å². The second kappa shape index (κ2) is 5.07. The third-order valence-electron chi connectivity index (χ3n) is 2.30. The van der Waals surface area contributed by atoms with Crippen LogP contribution in [0.15, 0.2) is 0 Å². The van der Waals surface area contributed by atoms with Crippen molar-refractivity contribution in [2.24, 2.45) is 0 Å². The van der Waals surface area contributed by atoms with E-state index in [1.165, 1.54) is 0 Å². The molecule has 3 N–H and O–H groups in total. The lowest BCUT2D eigenvalue weighted by molar-refractivity contribution is 0.127. The first kappa shape index (κ1) is 10.3. The van der Waals surface area contributed by atoms with Crippen LogP contribution in [-0.4, -0.2) is 42.6 Å². The number of aliphatic hydroxyl groups excluding tert-OH is 1. The van der Waals surface area contributed by atoms with E-state index in [-0.39, 0.29) is 12.1 Å². The molecule has 1 fully saturated rings. The fourth-order valence-electron chi connectivity index (χ4n) is 1.53. The van der Waals surface area contributed by atoms with E-state index in [9.17, 15) is 5.11 Å². The molecule has 0 unspecified atom stereocenters. The Kier molecular flexibility index (Phi) is 4.35. The van der Waals surface area contributed by atoms with Gasteiger partial charge in [0.2, 0.25) is 0 Å². The zero-order valence-electron chi connectivity index (χ0n) is 7.45. The molecule has 1 saturated heterocycles. The zero-order valence-corrected chi connectivity index (χ0v) is 8.35. The number of rotatable bonds is 4. The maximum atomic E-state index is 9.66. The van der Waals surface area contributed by atoms with Gasteiger partial charge in [-0.15, -0.1) is 0 Å². The quantitative estimate of drug-likeness (QED) is 0.457. The lowest BCUT2D eigenvalue weighted by Crippen LogP contribution is -2.36. The summed E-state index contributed by atoms with van der Waals surface area (Å²) in [5.41, 5.74) is 0. The lowest BCUT2D eigenvalue weighted by atomic mass is 10.1. The second-order valence-corrected chi connectivity index (χ2v) is 4.09. The molecule has 3 nitrogen and oxygen atoms in total. The van der Waals surface area contributed by atoms with Crippen molar-refractivity contribution >= 4 is 12.6 Å². The normalized spacial score (nSPS) is 32.2. The Morgan fingerprint density at radius 3 is 3.00 bits per heavy atom. The summed E-state index contributed by atoms with van der Waals surface area (Å²) < 4.78 is 0. The smallest absolute Gasteiger partial charge is 0.0705 e. The number of aliphatic hydroxyl groups is 1. The van der Waals surface area contributed by atoms with E-state index in [0.717, 1.165) is 25.9 Å².